The van der Waals surface area contributed by atoms with Crippen LogP contribution in [0.15, 0.2) is 41.3 Å². The van der Waals surface area contributed by atoms with E-state index in [2.05, 4.69) is 55.9 Å². The van der Waals surface area contributed by atoms with Crippen molar-refractivity contribution in [2.24, 2.45) is 5.41 Å². The highest BCUT2D eigenvalue weighted by molar-refractivity contribution is 9.10. The second kappa shape index (κ2) is 5.70. The molecule has 0 saturated carbocycles. The lowest BCUT2D eigenvalue weighted by atomic mass is 9.82. The summed E-state index contributed by atoms with van der Waals surface area (Å²) in [7, 11) is 0. The molecule has 3 rings (SSSR count). The van der Waals surface area contributed by atoms with Crippen LogP contribution in [0.25, 0.3) is 11.3 Å². The minimum Gasteiger partial charge on any atom is -0.330 e. The van der Waals surface area contributed by atoms with Gasteiger partial charge in [-0.05, 0) is 30.9 Å². The third kappa shape index (κ3) is 2.81. The van der Waals surface area contributed by atoms with Gasteiger partial charge in [-0.15, -0.1) is 0 Å². The molecule has 1 N–H and O–H groups in total. The molecule has 20 heavy (non-hydrogen) atoms. The van der Waals surface area contributed by atoms with Crippen molar-refractivity contribution in [3.05, 3.63) is 41.3 Å². The van der Waals surface area contributed by atoms with Crippen molar-refractivity contribution in [3.63, 3.8) is 0 Å². The standard InChI is InChI=1S/C16H20BrN3/c1-16(7-4-8-18-10-16)11-20-12-19-9-15(20)13-5-2-3-6-14(13)17/h2-3,5-6,9,12,18H,4,7-8,10-11H2,1H3. The molecule has 1 unspecified atom stereocenters. The molecule has 1 saturated heterocycles. The quantitative estimate of drug-likeness (QED) is 0.928. The van der Waals surface area contributed by atoms with Crippen LogP contribution in [0.1, 0.15) is 19.8 Å². The lowest BCUT2D eigenvalue weighted by molar-refractivity contribution is 0.202. The van der Waals surface area contributed by atoms with Crippen molar-refractivity contribution in [2.45, 2.75) is 26.3 Å². The highest BCUT2D eigenvalue weighted by atomic mass is 79.9. The highest BCUT2D eigenvalue weighted by Gasteiger charge is 2.28. The normalized spacial score (nSPS) is 22.9. The molecule has 1 aromatic heterocycles. The van der Waals surface area contributed by atoms with Gasteiger partial charge in [0.2, 0.25) is 0 Å². The van der Waals surface area contributed by atoms with Crippen LogP contribution in [-0.4, -0.2) is 22.6 Å². The second-order valence-corrected chi connectivity index (χ2v) is 6.83. The SMILES string of the molecule is CC1(Cn2cncc2-c2ccccc2Br)CCCNC1. The zero-order valence-corrected chi connectivity index (χ0v) is 13.4. The molecule has 4 heteroatoms. The molecule has 0 aliphatic carbocycles. The molecule has 1 aliphatic rings. The van der Waals surface area contributed by atoms with Crippen LogP contribution < -0.4 is 5.32 Å². The van der Waals surface area contributed by atoms with E-state index in [1.54, 1.807) is 0 Å². The molecular formula is C16H20BrN3. The van der Waals surface area contributed by atoms with E-state index >= 15 is 0 Å². The predicted molar refractivity (Wildman–Crippen MR) is 85.6 cm³/mol. The van der Waals surface area contributed by atoms with E-state index in [1.807, 2.05) is 18.6 Å². The number of piperidine rings is 1. The van der Waals surface area contributed by atoms with Crippen molar-refractivity contribution in [1.82, 2.24) is 14.9 Å². The number of imidazole rings is 1. The maximum atomic E-state index is 4.36. The summed E-state index contributed by atoms with van der Waals surface area (Å²) in [6.07, 6.45) is 6.44. The first-order chi connectivity index (χ1) is 9.68. The van der Waals surface area contributed by atoms with Crippen LogP contribution in [0.2, 0.25) is 0 Å². The van der Waals surface area contributed by atoms with E-state index in [0.29, 0.717) is 5.41 Å². The minimum atomic E-state index is 0.314. The maximum absolute atomic E-state index is 4.36. The van der Waals surface area contributed by atoms with Gasteiger partial charge in [-0.2, -0.15) is 0 Å². The molecule has 3 nitrogen and oxygen atoms in total. The lowest BCUT2D eigenvalue weighted by Crippen LogP contribution is -2.40. The molecule has 1 aliphatic heterocycles. The molecule has 106 valence electrons. The number of nitrogens with zero attached hydrogens (tertiary/aromatic N) is 2. The smallest absolute Gasteiger partial charge is 0.0951 e. The Hall–Kier alpha value is -1.13. The number of nitrogens with one attached hydrogen (secondary N) is 1. The molecule has 0 amide bonds. The first-order valence-corrected chi connectivity index (χ1v) is 7.93. The van der Waals surface area contributed by atoms with Gasteiger partial charge in [-0.25, -0.2) is 4.98 Å². The molecule has 2 heterocycles. The number of rotatable bonds is 3. The molecule has 1 fully saturated rings. The van der Waals surface area contributed by atoms with Gasteiger partial charge in [0.05, 0.1) is 18.2 Å². The highest BCUT2D eigenvalue weighted by Crippen LogP contribution is 2.32. The Morgan fingerprint density at radius 2 is 2.25 bits per heavy atom. The molecule has 0 spiro atoms. The predicted octanol–water partition coefficient (Wildman–Crippen LogP) is 3.70. The third-order valence-electron chi connectivity index (χ3n) is 4.10. The van der Waals surface area contributed by atoms with Crippen LogP contribution >= 0.6 is 15.9 Å². The Labute approximate surface area is 128 Å². The van der Waals surface area contributed by atoms with Crippen LogP contribution in [0.5, 0.6) is 0 Å². The van der Waals surface area contributed by atoms with Crippen molar-refractivity contribution in [1.29, 1.82) is 0 Å². The summed E-state index contributed by atoms with van der Waals surface area (Å²) in [5, 5.41) is 3.52. The monoisotopic (exact) mass is 333 g/mol. The Morgan fingerprint density at radius 1 is 1.40 bits per heavy atom. The van der Waals surface area contributed by atoms with Gasteiger partial charge in [0, 0.05) is 23.1 Å². The maximum Gasteiger partial charge on any atom is 0.0951 e. The number of benzene rings is 1. The Bertz CT molecular complexity index is 585. The minimum absolute atomic E-state index is 0.314. The zero-order valence-electron chi connectivity index (χ0n) is 11.8. The van der Waals surface area contributed by atoms with E-state index in [4.69, 9.17) is 0 Å². The van der Waals surface area contributed by atoms with Crippen molar-refractivity contribution in [3.8, 4) is 11.3 Å². The average Bonchev–Trinajstić information content (AvgIpc) is 2.87. The fourth-order valence-electron chi connectivity index (χ4n) is 3.00. The lowest BCUT2D eigenvalue weighted by Gasteiger charge is -2.34. The summed E-state index contributed by atoms with van der Waals surface area (Å²) in [5.41, 5.74) is 2.70. The zero-order chi connectivity index (χ0) is 14.0. The van der Waals surface area contributed by atoms with Gasteiger partial charge in [-0.3, -0.25) is 0 Å². The van der Waals surface area contributed by atoms with Gasteiger partial charge in [0.1, 0.15) is 0 Å². The van der Waals surface area contributed by atoms with Gasteiger partial charge in [-0.1, -0.05) is 41.1 Å². The molecule has 0 radical (unpaired) electrons. The van der Waals surface area contributed by atoms with Crippen LogP contribution in [-0.2, 0) is 6.54 Å². The largest absolute Gasteiger partial charge is 0.330 e. The van der Waals surface area contributed by atoms with Gasteiger partial charge >= 0.3 is 0 Å². The first kappa shape index (κ1) is 13.8. The third-order valence-corrected chi connectivity index (χ3v) is 4.79. The van der Waals surface area contributed by atoms with Crippen LogP contribution in [0, 0.1) is 5.41 Å². The summed E-state index contributed by atoms with van der Waals surface area (Å²) in [6, 6.07) is 8.33. The Balaban J connectivity index is 1.89. The van der Waals surface area contributed by atoms with Gasteiger partial charge in [0.25, 0.3) is 0 Å². The fraction of sp³-hybridized carbons (Fsp3) is 0.438. The molecule has 0 bridgehead atoms. The number of hydrogen-bond acceptors (Lipinski definition) is 2. The summed E-state index contributed by atoms with van der Waals surface area (Å²) < 4.78 is 3.40. The van der Waals surface area contributed by atoms with Gasteiger partial charge in [0.15, 0.2) is 0 Å². The van der Waals surface area contributed by atoms with E-state index in [-0.39, 0.29) is 0 Å². The average molecular weight is 334 g/mol. The number of hydrogen-bond donors (Lipinski definition) is 1. The van der Waals surface area contributed by atoms with E-state index in [1.165, 1.54) is 24.1 Å². The first-order valence-electron chi connectivity index (χ1n) is 7.14. The van der Waals surface area contributed by atoms with Crippen molar-refractivity contribution in [2.75, 3.05) is 13.1 Å². The summed E-state index contributed by atoms with van der Waals surface area (Å²) >= 11 is 3.64. The second-order valence-electron chi connectivity index (χ2n) is 5.98. The van der Waals surface area contributed by atoms with Crippen molar-refractivity contribution < 1.29 is 0 Å². The molecular weight excluding hydrogens is 314 g/mol. The molecule has 1 atom stereocenters. The van der Waals surface area contributed by atoms with E-state index in [0.717, 1.165) is 24.1 Å². The van der Waals surface area contributed by atoms with Crippen molar-refractivity contribution >= 4 is 15.9 Å². The Kier molecular flexibility index (Phi) is 3.94. The fourth-order valence-corrected chi connectivity index (χ4v) is 3.49. The van der Waals surface area contributed by atoms with Crippen LogP contribution in [0.3, 0.4) is 0 Å². The van der Waals surface area contributed by atoms with Gasteiger partial charge < -0.3 is 9.88 Å². The Morgan fingerprint density at radius 3 is 3.00 bits per heavy atom. The van der Waals surface area contributed by atoms with E-state index in [9.17, 15) is 0 Å². The molecule has 1 aromatic carbocycles. The number of halogens is 1. The summed E-state index contributed by atoms with van der Waals surface area (Å²) in [4.78, 5) is 4.36. The molecule has 2 aromatic rings. The summed E-state index contributed by atoms with van der Waals surface area (Å²) in [5.74, 6) is 0. The summed E-state index contributed by atoms with van der Waals surface area (Å²) in [6.45, 7) is 5.61. The van der Waals surface area contributed by atoms with Crippen LogP contribution in [0.4, 0.5) is 0 Å². The number of aromatic nitrogens is 2. The topological polar surface area (TPSA) is 29.9 Å². The van der Waals surface area contributed by atoms with E-state index < -0.39 is 0 Å².